The number of nitrogens with zero attached hydrogens (tertiary/aromatic N) is 1. The van der Waals surface area contributed by atoms with Crippen LogP contribution in [0.2, 0.25) is 0 Å². The zero-order valence-electron chi connectivity index (χ0n) is 16.8. The highest BCUT2D eigenvalue weighted by atomic mass is 35.5. The lowest BCUT2D eigenvalue weighted by atomic mass is 9.95. The molecule has 5 nitrogen and oxygen atoms in total. The van der Waals surface area contributed by atoms with Crippen LogP contribution in [-0.4, -0.2) is 51.4 Å². The molecule has 0 amide bonds. The molecule has 0 saturated carbocycles. The molecule has 2 aromatic carbocycles. The molecule has 1 aliphatic heterocycles. The molecule has 2 aromatic rings. The van der Waals surface area contributed by atoms with E-state index in [-0.39, 0.29) is 24.4 Å². The zero-order valence-corrected chi connectivity index (χ0v) is 18.5. The molecule has 30 heavy (non-hydrogen) atoms. The number of nitrogens with one attached hydrogen (secondary N) is 2. The molecule has 0 aliphatic carbocycles. The van der Waals surface area contributed by atoms with Crippen molar-refractivity contribution in [3.8, 4) is 11.1 Å². The number of benzene rings is 2. The SMILES string of the molecule is Cc1cccc(-c2cccc(C[C@@H]3NCC(F)(F)[C@@H]3NS(=O)(=O)N(C)C)c2F)c1.Cl. The van der Waals surface area contributed by atoms with Crippen LogP contribution in [0.3, 0.4) is 0 Å². The van der Waals surface area contributed by atoms with Crippen molar-refractivity contribution in [2.45, 2.75) is 31.4 Å². The van der Waals surface area contributed by atoms with Crippen LogP contribution >= 0.6 is 12.4 Å². The van der Waals surface area contributed by atoms with E-state index in [9.17, 15) is 17.2 Å². The molecule has 10 heteroatoms. The first-order chi connectivity index (χ1) is 13.5. The number of alkyl halides is 2. The van der Waals surface area contributed by atoms with Gasteiger partial charge in [0, 0.05) is 25.7 Å². The van der Waals surface area contributed by atoms with E-state index < -0.39 is 40.6 Å². The quantitative estimate of drug-likeness (QED) is 0.692. The Morgan fingerprint density at radius 2 is 1.87 bits per heavy atom. The molecule has 1 saturated heterocycles. The first-order valence-corrected chi connectivity index (χ1v) is 10.6. The van der Waals surface area contributed by atoms with Crippen molar-refractivity contribution in [2.24, 2.45) is 0 Å². The molecular weight excluding hydrogens is 439 g/mol. The second kappa shape index (κ2) is 9.23. The number of halogens is 4. The number of hydrogen-bond acceptors (Lipinski definition) is 3. The minimum Gasteiger partial charge on any atom is -0.306 e. The van der Waals surface area contributed by atoms with E-state index in [1.165, 1.54) is 20.2 Å². The Hall–Kier alpha value is -1.65. The maximum absolute atomic E-state index is 15.2. The summed E-state index contributed by atoms with van der Waals surface area (Å²) in [7, 11) is -1.57. The van der Waals surface area contributed by atoms with E-state index in [1.54, 1.807) is 18.2 Å². The van der Waals surface area contributed by atoms with Crippen LogP contribution in [0.5, 0.6) is 0 Å². The Balaban J connectivity index is 0.00000320. The third-order valence-electron chi connectivity index (χ3n) is 5.06. The van der Waals surface area contributed by atoms with Gasteiger partial charge in [-0.05, 0) is 24.5 Å². The van der Waals surface area contributed by atoms with Gasteiger partial charge in [0.2, 0.25) is 0 Å². The summed E-state index contributed by atoms with van der Waals surface area (Å²) in [5.74, 6) is -3.79. The van der Waals surface area contributed by atoms with Crippen molar-refractivity contribution < 1.29 is 21.6 Å². The van der Waals surface area contributed by atoms with Crippen molar-refractivity contribution in [3.05, 3.63) is 59.4 Å². The van der Waals surface area contributed by atoms with Crippen LogP contribution in [0, 0.1) is 12.7 Å². The maximum Gasteiger partial charge on any atom is 0.279 e. The van der Waals surface area contributed by atoms with Crippen LogP contribution in [0.25, 0.3) is 11.1 Å². The molecule has 3 rings (SSSR count). The van der Waals surface area contributed by atoms with Crippen LogP contribution in [0.1, 0.15) is 11.1 Å². The summed E-state index contributed by atoms with van der Waals surface area (Å²) in [6.07, 6.45) is -0.0817. The van der Waals surface area contributed by atoms with Crippen LogP contribution in [0.4, 0.5) is 13.2 Å². The topological polar surface area (TPSA) is 61.4 Å². The van der Waals surface area contributed by atoms with Crippen LogP contribution in [-0.2, 0) is 16.6 Å². The molecule has 0 bridgehead atoms. The average molecular weight is 464 g/mol. The Bertz CT molecular complexity index is 1000. The minimum absolute atomic E-state index is 0. The van der Waals surface area contributed by atoms with E-state index in [0.717, 1.165) is 9.87 Å². The van der Waals surface area contributed by atoms with Crippen molar-refractivity contribution in [1.29, 1.82) is 0 Å². The van der Waals surface area contributed by atoms with Gasteiger partial charge in [-0.3, -0.25) is 0 Å². The first-order valence-electron chi connectivity index (χ1n) is 9.17. The smallest absolute Gasteiger partial charge is 0.279 e. The van der Waals surface area contributed by atoms with Gasteiger partial charge in [0.15, 0.2) is 0 Å². The van der Waals surface area contributed by atoms with Gasteiger partial charge >= 0.3 is 0 Å². The molecule has 1 aliphatic rings. The Morgan fingerprint density at radius 1 is 1.20 bits per heavy atom. The molecule has 0 unspecified atom stereocenters. The third kappa shape index (κ3) is 5.15. The van der Waals surface area contributed by atoms with Gasteiger partial charge in [-0.15, -0.1) is 12.4 Å². The van der Waals surface area contributed by atoms with Gasteiger partial charge in [-0.2, -0.15) is 17.4 Å². The molecule has 1 heterocycles. The summed E-state index contributed by atoms with van der Waals surface area (Å²) in [6.45, 7) is 1.22. The van der Waals surface area contributed by atoms with Gasteiger partial charge in [0.1, 0.15) is 11.9 Å². The van der Waals surface area contributed by atoms with Crippen LogP contribution in [0.15, 0.2) is 42.5 Å². The number of rotatable bonds is 6. The summed E-state index contributed by atoms with van der Waals surface area (Å²) >= 11 is 0. The van der Waals surface area contributed by atoms with E-state index in [2.05, 4.69) is 10.0 Å². The Labute approximate surface area is 181 Å². The van der Waals surface area contributed by atoms with Gasteiger partial charge in [0.05, 0.1) is 6.54 Å². The van der Waals surface area contributed by atoms with Crippen molar-refractivity contribution in [3.63, 3.8) is 0 Å². The highest BCUT2D eigenvalue weighted by Crippen LogP contribution is 2.31. The molecule has 0 radical (unpaired) electrons. The van der Waals surface area contributed by atoms with Crippen molar-refractivity contribution >= 4 is 22.6 Å². The second-order valence-corrected chi connectivity index (χ2v) is 9.40. The monoisotopic (exact) mass is 463 g/mol. The number of aryl methyl sites for hydroxylation is 1. The van der Waals surface area contributed by atoms with E-state index in [4.69, 9.17) is 0 Å². The highest BCUT2D eigenvalue weighted by molar-refractivity contribution is 7.87. The summed E-state index contributed by atoms with van der Waals surface area (Å²) in [4.78, 5) is 0. The maximum atomic E-state index is 15.2. The molecule has 0 spiro atoms. The van der Waals surface area contributed by atoms with Gasteiger partial charge < -0.3 is 5.32 Å². The largest absolute Gasteiger partial charge is 0.306 e. The summed E-state index contributed by atoms with van der Waals surface area (Å²) in [6, 6.07) is 9.55. The molecule has 2 N–H and O–H groups in total. The number of hydrogen-bond donors (Lipinski definition) is 2. The lowest BCUT2D eigenvalue weighted by Gasteiger charge is -2.26. The van der Waals surface area contributed by atoms with Gasteiger partial charge in [-0.1, -0.05) is 48.0 Å². The third-order valence-corrected chi connectivity index (χ3v) is 6.57. The Morgan fingerprint density at radius 3 is 2.50 bits per heavy atom. The lowest BCUT2D eigenvalue weighted by Crippen LogP contribution is -2.54. The molecule has 166 valence electrons. The zero-order chi connectivity index (χ0) is 21.4. The predicted molar refractivity (Wildman–Crippen MR) is 114 cm³/mol. The minimum atomic E-state index is -4.07. The van der Waals surface area contributed by atoms with E-state index in [0.29, 0.717) is 11.1 Å². The average Bonchev–Trinajstić information content (AvgIpc) is 2.91. The lowest BCUT2D eigenvalue weighted by molar-refractivity contribution is -0.00125. The second-order valence-electron chi connectivity index (χ2n) is 7.48. The molecule has 0 aromatic heterocycles. The van der Waals surface area contributed by atoms with Gasteiger partial charge in [-0.25, -0.2) is 13.2 Å². The van der Waals surface area contributed by atoms with Crippen LogP contribution < -0.4 is 10.0 Å². The summed E-state index contributed by atoms with van der Waals surface area (Å²) in [5, 5.41) is 2.64. The van der Waals surface area contributed by atoms with E-state index >= 15 is 4.39 Å². The Kier molecular flexibility index (Phi) is 7.58. The van der Waals surface area contributed by atoms with E-state index in [1.807, 2.05) is 25.1 Å². The van der Waals surface area contributed by atoms with Gasteiger partial charge in [0.25, 0.3) is 16.1 Å². The van der Waals surface area contributed by atoms with Crippen molar-refractivity contribution in [1.82, 2.24) is 14.3 Å². The summed E-state index contributed by atoms with van der Waals surface area (Å²) in [5.41, 5.74) is 2.29. The van der Waals surface area contributed by atoms with Crippen molar-refractivity contribution in [2.75, 3.05) is 20.6 Å². The highest BCUT2D eigenvalue weighted by Gasteiger charge is 2.51. The molecule has 2 atom stereocenters. The normalized spacial score (nSPS) is 20.9. The molecule has 1 fully saturated rings. The summed E-state index contributed by atoms with van der Waals surface area (Å²) < 4.78 is 70.9. The fourth-order valence-corrected chi connectivity index (χ4v) is 4.29. The molecular formula is C20H25ClF3N3O2S. The predicted octanol–water partition coefficient (Wildman–Crippen LogP) is 3.14. The fraction of sp³-hybridized carbons (Fsp3) is 0.400. The first kappa shape index (κ1) is 24.6. The standard InChI is InChI=1S/C20H24F3N3O2S.ClH/c1-13-6-4-7-14(10-13)16-9-5-8-15(18(16)21)11-17-19(20(22,23)12-24-17)25-29(27,28)26(2)3;/h4-10,17,19,24-25H,11-12H2,1-3H3;1H/t17-,19+;/m0./s1. The fourth-order valence-electron chi connectivity index (χ4n) is 3.42.